The summed E-state index contributed by atoms with van der Waals surface area (Å²) in [5, 5.41) is 8.91. The smallest absolute Gasteiger partial charge is 0.412 e. The molecule has 0 aromatic rings. The molecule has 9 nitrogen and oxygen atoms in total. The van der Waals surface area contributed by atoms with E-state index in [4.69, 9.17) is 16.3 Å². The van der Waals surface area contributed by atoms with Gasteiger partial charge in [-0.2, -0.15) is 5.10 Å². The highest BCUT2D eigenvalue weighted by atomic mass is 35.5. The van der Waals surface area contributed by atoms with Gasteiger partial charge in [-0.25, -0.2) is 14.8 Å². The summed E-state index contributed by atoms with van der Waals surface area (Å²) >= 11 is 6.35. The Kier molecular flexibility index (Phi) is 4.88. The lowest BCUT2D eigenvalue weighted by Gasteiger charge is -2.42. The Morgan fingerprint density at radius 1 is 1.38 bits per heavy atom. The predicted molar refractivity (Wildman–Crippen MR) is 106 cm³/mol. The number of hydrazone groups is 1. The zero-order valence-corrected chi connectivity index (χ0v) is 17.3. The highest BCUT2D eigenvalue weighted by molar-refractivity contribution is 6.65. The minimum Gasteiger partial charge on any atom is -0.444 e. The number of hydrogen-bond acceptors (Lipinski definition) is 7. The molecule has 3 amide bonds. The van der Waals surface area contributed by atoms with Crippen LogP contribution >= 0.6 is 11.6 Å². The average molecular weight is 422 g/mol. The van der Waals surface area contributed by atoms with Gasteiger partial charge in [0.15, 0.2) is 6.17 Å². The van der Waals surface area contributed by atoms with Crippen LogP contribution in [0.3, 0.4) is 0 Å². The van der Waals surface area contributed by atoms with Gasteiger partial charge in [-0.15, -0.1) is 0 Å². The fourth-order valence-electron chi connectivity index (χ4n) is 3.72. The van der Waals surface area contributed by atoms with Crippen molar-refractivity contribution in [1.82, 2.24) is 15.2 Å². The van der Waals surface area contributed by atoms with Crippen molar-refractivity contribution in [1.29, 1.82) is 0 Å². The molecule has 156 valence electrons. The van der Waals surface area contributed by atoms with E-state index in [1.807, 2.05) is 20.8 Å². The molecule has 3 aliphatic heterocycles. The van der Waals surface area contributed by atoms with Crippen LogP contribution < -0.4 is 5.32 Å². The highest BCUT2D eigenvalue weighted by Crippen LogP contribution is 2.38. The van der Waals surface area contributed by atoms with Crippen molar-refractivity contribution in [3.8, 4) is 0 Å². The van der Waals surface area contributed by atoms with Crippen molar-refractivity contribution >= 4 is 40.9 Å². The predicted octanol–water partition coefficient (Wildman–Crippen LogP) is 1.97. The molecule has 10 heteroatoms. The number of fused-ring (bicyclic) bond motifs is 1. The van der Waals surface area contributed by atoms with Crippen molar-refractivity contribution in [2.75, 3.05) is 0 Å². The molecule has 1 saturated heterocycles. The first-order valence-electron chi connectivity index (χ1n) is 9.73. The molecule has 2 fully saturated rings. The van der Waals surface area contributed by atoms with Gasteiger partial charge in [0.2, 0.25) is 5.91 Å². The fraction of sp³-hybridized carbons (Fsp3) is 0.632. The second-order valence-corrected chi connectivity index (χ2v) is 9.13. The number of carbonyl (C=O) groups is 3. The zero-order valence-electron chi connectivity index (χ0n) is 16.6. The van der Waals surface area contributed by atoms with Crippen LogP contribution in [-0.2, 0) is 14.3 Å². The van der Waals surface area contributed by atoms with Crippen LogP contribution in [0.5, 0.6) is 0 Å². The SMILES string of the molecule is CC(C)(C)OC(=O)N(C1CC1)C1CC(Cl)=NC2C(/C=C3\CC(=O)NC3=O)C=NN21. The van der Waals surface area contributed by atoms with E-state index in [0.717, 1.165) is 12.8 Å². The van der Waals surface area contributed by atoms with Gasteiger partial charge < -0.3 is 4.74 Å². The second-order valence-electron chi connectivity index (χ2n) is 8.69. The number of amides is 3. The van der Waals surface area contributed by atoms with Crippen LogP contribution in [0.25, 0.3) is 0 Å². The molecule has 4 aliphatic rings. The fourth-order valence-corrected chi connectivity index (χ4v) is 3.96. The van der Waals surface area contributed by atoms with Crippen LogP contribution in [-0.4, -0.2) is 63.2 Å². The lowest BCUT2D eigenvalue weighted by Crippen LogP contribution is -2.56. The third-order valence-electron chi connectivity index (χ3n) is 5.07. The van der Waals surface area contributed by atoms with E-state index in [9.17, 15) is 14.4 Å². The number of aliphatic imine (C=N–C) groups is 1. The van der Waals surface area contributed by atoms with Gasteiger partial charge in [0, 0.05) is 24.3 Å². The number of halogens is 1. The molecule has 1 saturated carbocycles. The van der Waals surface area contributed by atoms with Gasteiger partial charge in [0.05, 0.1) is 12.3 Å². The van der Waals surface area contributed by atoms with Gasteiger partial charge in [-0.3, -0.25) is 19.8 Å². The molecule has 0 spiro atoms. The summed E-state index contributed by atoms with van der Waals surface area (Å²) in [7, 11) is 0. The summed E-state index contributed by atoms with van der Waals surface area (Å²) in [5.74, 6) is -1.03. The summed E-state index contributed by atoms with van der Waals surface area (Å²) in [6.45, 7) is 5.49. The molecule has 1 aliphatic carbocycles. The molecule has 1 N–H and O–H groups in total. The van der Waals surface area contributed by atoms with Gasteiger partial charge in [-0.1, -0.05) is 17.7 Å². The van der Waals surface area contributed by atoms with E-state index >= 15 is 0 Å². The highest BCUT2D eigenvalue weighted by Gasteiger charge is 2.48. The molecule has 0 aromatic carbocycles. The van der Waals surface area contributed by atoms with Crippen LogP contribution in [0.2, 0.25) is 0 Å². The maximum absolute atomic E-state index is 12.9. The number of ether oxygens (including phenoxy) is 1. The quantitative estimate of drug-likeness (QED) is 0.554. The maximum Gasteiger partial charge on any atom is 0.412 e. The lowest BCUT2D eigenvalue weighted by molar-refractivity contribution is -0.124. The number of imide groups is 1. The monoisotopic (exact) mass is 421 g/mol. The van der Waals surface area contributed by atoms with Crippen molar-refractivity contribution < 1.29 is 19.1 Å². The Balaban J connectivity index is 1.58. The van der Waals surface area contributed by atoms with E-state index < -0.39 is 29.9 Å². The third-order valence-corrected chi connectivity index (χ3v) is 5.32. The molecule has 3 heterocycles. The Morgan fingerprint density at radius 2 is 2.10 bits per heavy atom. The first-order valence-corrected chi connectivity index (χ1v) is 10.1. The van der Waals surface area contributed by atoms with Crippen LogP contribution in [0.15, 0.2) is 21.7 Å². The number of hydrogen-bond donors (Lipinski definition) is 1. The van der Waals surface area contributed by atoms with E-state index in [1.54, 1.807) is 22.2 Å². The zero-order chi connectivity index (χ0) is 20.9. The normalized spacial score (nSPS) is 30.3. The largest absolute Gasteiger partial charge is 0.444 e. The van der Waals surface area contributed by atoms with E-state index in [0.29, 0.717) is 17.2 Å². The molecule has 4 rings (SSSR count). The molecule has 3 unspecified atom stereocenters. The van der Waals surface area contributed by atoms with Crippen molar-refractivity contribution in [3.63, 3.8) is 0 Å². The molecule has 0 aromatic heterocycles. The summed E-state index contributed by atoms with van der Waals surface area (Å²) in [4.78, 5) is 42.5. The summed E-state index contributed by atoms with van der Waals surface area (Å²) in [6, 6.07) is 0.0869. The minimum absolute atomic E-state index is 0.0445. The standard InChI is InChI=1S/C19H24ClN5O4/c1-19(2,3)29-18(28)24(12-4-5-12)15-8-13(20)22-16-11(9-21-25(15)16)6-10-7-14(26)23-17(10)27/h6,9,11-12,15-16H,4-5,7-8H2,1-3H3,(H,23,26,27)/b10-6+. The Labute approximate surface area is 173 Å². The molecule has 29 heavy (non-hydrogen) atoms. The summed E-state index contributed by atoms with van der Waals surface area (Å²) in [5.41, 5.74) is -0.215. The first kappa shape index (κ1) is 19.9. The number of nitrogens with zero attached hydrogens (tertiary/aromatic N) is 4. The number of carbonyl (C=O) groups excluding carboxylic acids is 3. The number of rotatable bonds is 3. The summed E-state index contributed by atoms with van der Waals surface area (Å²) < 4.78 is 5.62. The van der Waals surface area contributed by atoms with Gasteiger partial charge in [-0.05, 0) is 33.6 Å². The molecule has 0 bridgehead atoms. The lowest BCUT2D eigenvalue weighted by atomic mass is 10.0. The Morgan fingerprint density at radius 3 is 2.69 bits per heavy atom. The van der Waals surface area contributed by atoms with E-state index in [2.05, 4.69) is 15.4 Å². The van der Waals surface area contributed by atoms with E-state index in [1.165, 1.54) is 0 Å². The van der Waals surface area contributed by atoms with Crippen LogP contribution in [0.4, 0.5) is 4.79 Å². The maximum atomic E-state index is 12.9. The van der Waals surface area contributed by atoms with E-state index in [-0.39, 0.29) is 24.3 Å². The van der Waals surface area contributed by atoms with Crippen molar-refractivity contribution in [3.05, 3.63) is 11.6 Å². The number of nitrogens with one attached hydrogen (secondary N) is 1. The van der Waals surface area contributed by atoms with Crippen molar-refractivity contribution in [2.24, 2.45) is 16.0 Å². The Bertz CT molecular complexity index is 842. The first-order chi connectivity index (χ1) is 13.6. The topological polar surface area (TPSA) is 104 Å². The van der Waals surface area contributed by atoms with Gasteiger partial charge >= 0.3 is 6.09 Å². The average Bonchev–Trinajstić information content (AvgIpc) is 3.25. The summed E-state index contributed by atoms with van der Waals surface area (Å²) in [6.07, 6.45) is 4.32. The Hall–Kier alpha value is -2.42. The second kappa shape index (κ2) is 7.12. The van der Waals surface area contributed by atoms with Crippen LogP contribution in [0.1, 0.15) is 46.5 Å². The third kappa shape index (κ3) is 4.14. The van der Waals surface area contributed by atoms with Crippen molar-refractivity contribution in [2.45, 2.75) is 70.4 Å². The molecule has 3 atom stereocenters. The van der Waals surface area contributed by atoms with Crippen LogP contribution in [0, 0.1) is 5.92 Å². The molecular formula is C19H24ClN5O4. The molecular weight excluding hydrogens is 398 g/mol. The minimum atomic E-state index is -0.611. The van der Waals surface area contributed by atoms with Gasteiger partial charge in [0.25, 0.3) is 5.91 Å². The molecule has 0 radical (unpaired) electrons. The van der Waals surface area contributed by atoms with Gasteiger partial charge in [0.1, 0.15) is 16.9 Å².